The molecule has 2 unspecified atom stereocenters. The molecule has 7 rings (SSSR count). The summed E-state index contributed by atoms with van der Waals surface area (Å²) in [5.74, 6) is 7.16. The molecule has 4 aliphatic rings. The molecule has 19 heteroatoms. The van der Waals surface area contributed by atoms with Crippen molar-refractivity contribution in [1.82, 2.24) is 20.4 Å². The zero-order valence-electron chi connectivity index (χ0n) is 41.0. The van der Waals surface area contributed by atoms with Crippen LogP contribution in [0.2, 0.25) is 0 Å². The predicted octanol–water partition coefficient (Wildman–Crippen LogP) is 4.22. The van der Waals surface area contributed by atoms with Crippen LogP contribution in [0.15, 0.2) is 76.8 Å². The Morgan fingerprint density at radius 1 is 0.653 bits per heavy atom. The molecule has 382 valence electrons. The van der Waals surface area contributed by atoms with Crippen LogP contribution in [0.3, 0.4) is 0 Å². The molecule has 3 aromatic rings. The summed E-state index contributed by atoms with van der Waals surface area (Å²) in [7, 11) is 3.04. The van der Waals surface area contributed by atoms with E-state index in [1.54, 1.807) is 46.5 Å². The number of ether oxygens (including phenoxy) is 8. The van der Waals surface area contributed by atoms with Gasteiger partial charge in [-0.25, -0.2) is 0 Å². The number of nitrogens with one attached hydrogen (secondary N) is 2. The lowest BCUT2D eigenvalue weighted by molar-refractivity contribution is -0.122. The highest BCUT2D eigenvalue weighted by Gasteiger charge is 2.35. The number of carbonyl (C=O) groups is 4. The summed E-state index contributed by atoms with van der Waals surface area (Å²) in [6.07, 6.45) is 5.33. The first kappa shape index (κ1) is 52.7. The third-order valence-corrected chi connectivity index (χ3v) is 11.9. The predicted molar refractivity (Wildman–Crippen MR) is 269 cm³/mol. The largest absolute Gasteiger partial charge is 0.493 e. The average Bonchev–Trinajstić information content (AvgIpc) is 3.89. The first-order valence-corrected chi connectivity index (χ1v) is 23.9. The molecule has 2 atom stereocenters. The van der Waals surface area contributed by atoms with Crippen molar-refractivity contribution < 1.29 is 57.1 Å². The maximum absolute atomic E-state index is 13.6. The van der Waals surface area contributed by atoms with E-state index in [-0.39, 0.29) is 68.5 Å². The van der Waals surface area contributed by atoms with E-state index in [1.165, 1.54) is 14.2 Å². The van der Waals surface area contributed by atoms with Gasteiger partial charge in [-0.15, -0.1) is 0 Å². The van der Waals surface area contributed by atoms with Gasteiger partial charge >= 0.3 is 0 Å². The van der Waals surface area contributed by atoms with Crippen molar-refractivity contribution in [3.05, 3.63) is 94.6 Å². The molecule has 2 fully saturated rings. The van der Waals surface area contributed by atoms with Gasteiger partial charge < -0.3 is 64.1 Å². The molecular weight excluding hydrogens is 927 g/mol. The lowest BCUT2D eigenvalue weighted by atomic mass is 10.1. The summed E-state index contributed by atoms with van der Waals surface area (Å²) >= 11 is 0. The standard InChI is InChI=1S/C53H63N7O12/c1-35-20-40-29-57-44-27-48(46(65-3)25-42(44)52(63)59(40)31-35)71-33-38-22-37(6-5-10-55-51(62)8-12-67-14-16-69-18-19-70-17-15-68-13-11-56-50(61)7-9-54)23-39(24-38)34-72-49-28-45-43(26-47(49)66-4)53(64)60-32-36(2)21-41(60)30-58-45/h22-30,40-41H,1-2,7-21,31-34,54H2,3-4H3,(H,55,62)(H,56,61). The second-order valence-corrected chi connectivity index (χ2v) is 17.3. The minimum Gasteiger partial charge on any atom is -0.493 e. The third kappa shape index (κ3) is 14.5. The van der Waals surface area contributed by atoms with Crippen molar-refractivity contribution in [3.63, 3.8) is 0 Å². The molecule has 19 nitrogen and oxygen atoms in total. The Bertz CT molecular complexity index is 2470. The molecule has 0 spiro atoms. The summed E-state index contributed by atoms with van der Waals surface area (Å²) in [5.41, 5.74) is 11.3. The van der Waals surface area contributed by atoms with Crippen LogP contribution in [-0.2, 0) is 41.8 Å². The number of nitrogens with two attached hydrogens (primary N) is 1. The molecule has 0 radical (unpaired) electrons. The molecule has 4 heterocycles. The topological polar surface area (TPSA) is 223 Å². The van der Waals surface area contributed by atoms with E-state index in [1.807, 2.05) is 18.2 Å². The number of nitrogens with zero attached hydrogens (tertiary/aromatic N) is 4. The number of carbonyl (C=O) groups excluding carboxylic acids is 4. The van der Waals surface area contributed by atoms with Crippen LogP contribution in [0.25, 0.3) is 0 Å². The number of hydrogen-bond acceptors (Lipinski definition) is 15. The van der Waals surface area contributed by atoms with Crippen LogP contribution in [-0.4, -0.2) is 158 Å². The molecule has 4 N–H and O–H groups in total. The Labute approximate surface area is 419 Å². The van der Waals surface area contributed by atoms with E-state index in [0.29, 0.717) is 143 Å². The molecule has 0 saturated carbocycles. The number of hydrogen-bond donors (Lipinski definition) is 3. The molecule has 2 saturated heterocycles. The molecule has 4 aliphatic heterocycles. The second-order valence-electron chi connectivity index (χ2n) is 17.3. The minimum absolute atomic E-state index is 0.0945. The van der Waals surface area contributed by atoms with Gasteiger partial charge in [-0.1, -0.05) is 36.1 Å². The molecule has 0 bridgehead atoms. The lowest BCUT2D eigenvalue weighted by Gasteiger charge is -2.20. The fourth-order valence-electron chi connectivity index (χ4n) is 8.32. The highest BCUT2D eigenvalue weighted by Crippen LogP contribution is 2.40. The summed E-state index contributed by atoms with van der Waals surface area (Å²) in [4.78, 5) is 64.0. The highest BCUT2D eigenvalue weighted by molar-refractivity contribution is 6.05. The first-order chi connectivity index (χ1) is 35.0. The second kappa shape index (κ2) is 26.4. The van der Waals surface area contributed by atoms with Gasteiger partial charge in [0.15, 0.2) is 23.0 Å². The molecule has 0 aliphatic carbocycles. The van der Waals surface area contributed by atoms with Crippen LogP contribution in [0, 0.1) is 11.8 Å². The van der Waals surface area contributed by atoms with Crippen LogP contribution < -0.4 is 35.3 Å². The molecule has 0 aromatic heterocycles. The Kier molecular flexibility index (Phi) is 19.3. The maximum Gasteiger partial charge on any atom is 0.257 e. The zero-order valence-corrected chi connectivity index (χ0v) is 41.0. The molecule has 4 amide bonds. The van der Waals surface area contributed by atoms with E-state index in [9.17, 15) is 19.2 Å². The van der Waals surface area contributed by atoms with Crippen molar-refractivity contribution in [2.45, 2.75) is 51.0 Å². The summed E-state index contributed by atoms with van der Waals surface area (Å²) < 4.78 is 46.1. The van der Waals surface area contributed by atoms with Gasteiger partial charge in [0.1, 0.15) is 13.2 Å². The third-order valence-electron chi connectivity index (χ3n) is 11.9. The van der Waals surface area contributed by atoms with Gasteiger partial charge in [0.25, 0.3) is 11.8 Å². The van der Waals surface area contributed by atoms with Gasteiger partial charge in [0.2, 0.25) is 11.8 Å². The molecular formula is C53H63N7O12. The Hall–Kier alpha value is -7.08. The highest BCUT2D eigenvalue weighted by atomic mass is 16.6. The van der Waals surface area contributed by atoms with E-state index in [4.69, 9.17) is 43.6 Å². The van der Waals surface area contributed by atoms with E-state index in [2.05, 4.69) is 45.6 Å². The van der Waals surface area contributed by atoms with Gasteiger partial charge in [-0.3, -0.25) is 29.2 Å². The summed E-state index contributed by atoms with van der Waals surface area (Å²) in [6, 6.07) is 12.1. The van der Waals surface area contributed by atoms with Gasteiger partial charge in [0, 0.05) is 69.1 Å². The SMILES string of the molecule is C=C1CC2C=Nc3cc(OCc4cc(C#CCNC(=O)CCOCCOCCOCCOCCNC(=O)CCN)cc(COc5cc6c(cc5OC)C(=O)N5CC(=C)CC5C=N6)c4)c(OC)cc3C(=O)N2C1. The summed E-state index contributed by atoms with van der Waals surface area (Å²) in [6.45, 7) is 13.0. The van der Waals surface area contributed by atoms with Gasteiger partial charge in [-0.2, -0.15) is 0 Å². The molecule has 3 aromatic carbocycles. The van der Waals surface area contributed by atoms with Crippen LogP contribution >= 0.6 is 0 Å². The van der Waals surface area contributed by atoms with Crippen molar-refractivity contribution in [2.24, 2.45) is 15.7 Å². The lowest BCUT2D eigenvalue weighted by Crippen LogP contribution is -2.35. The fraction of sp³-hybridized carbons (Fsp3) is 0.434. The molecule has 72 heavy (non-hydrogen) atoms. The Morgan fingerprint density at radius 2 is 1.14 bits per heavy atom. The quantitative estimate of drug-likeness (QED) is 0.0583. The van der Waals surface area contributed by atoms with E-state index >= 15 is 0 Å². The monoisotopic (exact) mass is 989 g/mol. The summed E-state index contributed by atoms with van der Waals surface area (Å²) in [5, 5.41) is 5.53. The fourth-order valence-corrected chi connectivity index (χ4v) is 8.32. The number of amides is 4. The normalized spacial score (nSPS) is 16.5. The van der Waals surface area contributed by atoms with Crippen LogP contribution in [0.1, 0.15) is 63.1 Å². The van der Waals surface area contributed by atoms with Crippen LogP contribution in [0.4, 0.5) is 11.4 Å². The zero-order chi connectivity index (χ0) is 50.8. The van der Waals surface area contributed by atoms with Gasteiger partial charge in [-0.05, 0) is 54.3 Å². The number of rotatable bonds is 26. The van der Waals surface area contributed by atoms with E-state index < -0.39 is 0 Å². The van der Waals surface area contributed by atoms with Crippen molar-refractivity contribution >= 4 is 47.4 Å². The van der Waals surface area contributed by atoms with Crippen LogP contribution in [0.5, 0.6) is 23.0 Å². The Balaban J connectivity index is 0.931. The van der Waals surface area contributed by atoms with Crippen molar-refractivity contribution in [2.75, 3.05) is 99.8 Å². The van der Waals surface area contributed by atoms with Crippen molar-refractivity contribution in [1.29, 1.82) is 0 Å². The van der Waals surface area contributed by atoms with Gasteiger partial charge in [0.05, 0.1) is 108 Å². The number of benzene rings is 3. The minimum atomic E-state index is -0.215. The van der Waals surface area contributed by atoms with Crippen molar-refractivity contribution in [3.8, 4) is 34.8 Å². The number of aliphatic imine (C=N–C) groups is 2. The average molecular weight is 990 g/mol. The van der Waals surface area contributed by atoms with E-state index in [0.717, 1.165) is 22.3 Å². The number of methoxy groups -OCH3 is 2. The smallest absolute Gasteiger partial charge is 0.257 e. The first-order valence-electron chi connectivity index (χ1n) is 23.9. The maximum atomic E-state index is 13.6. The number of fused-ring (bicyclic) bond motifs is 4. The Morgan fingerprint density at radius 3 is 1.64 bits per heavy atom.